The topological polar surface area (TPSA) is 40.5 Å². The van der Waals surface area contributed by atoms with Gasteiger partial charge in [0, 0.05) is 5.46 Å². The molecule has 24 heavy (non-hydrogen) atoms. The van der Waals surface area contributed by atoms with Crippen molar-refractivity contribution in [1.82, 2.24) is 0 Å². The molecule has 2 rings (SSSR count). The highest BCUT2D eigenvalue weighted by atomic mass is 19.2. The maximum absolute atomic E-state index is 14.0. The lowest BCUT2D eigenvalue weighted by Gasteiger charge is -2.28. The van der Waals surface area contributed by atoms with Crippen LogP contribution in [0, 0.1) is 23.5 Å². The van der Waals surface area contributed by atoms with E-state index in [9.17, 15) is 8.78 Å². The maximum atomic E-state index is 14.0. The summed E-state index contributed by atoms with van der Waals surface area (Å²) in [6.07, 6.45) is 11.6. The van der Waals surface area contributed by atoms with Gasteiger partial charge in [-0.3, -0.25) is 0 Å². The van der Waals surface area contributed by atoms with Gasteiger partial charge in [0.2, 0.25) is 0 Å². The van der Waals surface area contributed by atoms with E-state index in [1.54, 1.807) is 0 Å². The van der Waals surface area contributed by atoms with Gasteiger partial charge in [0.15, 0.2) is 11.6 Å². The highest BCUT2D eigenvalue weighted by Crippen LogP contribution is 2.34. The first-order valence-electron chi connectivity index (χ1n) is 9.35. The van der Waals surface area contributed by atoms with Crippen molar-refractivity contribution in [2.45, 2.75) is 71.1 Å². The average Bonchev–Trinajstić information content (AvgIpc) is 2.57. The fourth-order valence-electron chi connectivity index (χ4n) is 3.85. The fourth-order valence-corrected chi connectivity index (χ4v) is 3.85. The number of unbranched alkanes of at least 4 members (excludes halogenated alkanes) is 2. The molecule has 1 aromatic rings. The van der Waals surface area contributed by atoms with E-state index in [-0.39, 0.29) is 0 Å². The molecular formula is C19H29BF2O2. The lowest BCUT2D eigenvalue weighted by molar-refractivity contribution is 0.248. The van der Waals surface area contributed by atoms with Crippen molar-refractivity contribution in [2.24, 2.45) is 11.8 Å². The average molecular weight is 338 g/mol. The van der Waals surface area contributed by atoms with Gasteiger partial charge in [0.05, 0.1) is 0 Å². The van der Waals surface area contributed by atoms with Crippen molar-refractivity contribution in [2.75, 3.05) is 0 Å². The SMILES string of the molecule is CCCCCC1CCC(CCc2ccc(B(O)O)c(F)c2F)CC1. The molecule has 0 heterocycles. The van der Waals surface area contributed by atoms with E-state index in [2.05, 4.69) is 6.92 Å². The van der Waals surface area contributed by atoms with Gasteiger partial charge in [-0.2, -0.15) is 0 Å². The molecule has 2 N–H and O–H groups in total. The van der Waals surface area contributed by atoms with E-state index in [0.29, 0.717) is 17.9 Å². The predicted octanol–water partition coefficient (Wildman–Crippen LogP) is 3.96. The molecule has 134 valence electrons. The van der Waals surface area contributed by atoms with Crippen molar-refractivity contribution >= 4 is 12.6 Å². The van der Waals surface area contributed by atoms with Gasteiger partial charge in [-0.15, -0.1) is 0 Å². The number of halogens is 2. The summed E-state index contributed by atoms with van der Waals surface area (Å²) in [5.41, 5.74) is -0.0641. The zero-order valence-electron chi connectivity index (χ0n) is 14.6. The number of hydrogen-bond donors (Lipinski definition) is 2. The van der Waals surface area contributed by atoms with Gasteiger partial charge in [-0.25, -0.2) is 8.78 Å². The van der Waals surface area contributed by atoms with Crippen LogP contribution in [0.1, 0.15) is 70.3 Å². The molecule has 0 saturated heterocycles. The standard InChI is InChI=1S/C19H29BF2O2/c1-2-3-4-5-14-6-8-15(9-7-14)10-11-16-12-13-17(20(23)24)19(22)18(16)21/h12-15,23-24H,2-11H2,1H3. The summed E-state index contributed by atoms with van der Waals surface area (Å²) >= 11 is 0. The molecule has 5 heteroatoms. The van der Waals surface area contributed by atoms with Crippen molar-refractivity contribution in [3.63, 3.8) is 0 Å². The van der Waals surface area contributed by atoms with E-state index >= 15 is 0 Å². The molecule has 0 spiro atoms. The van der Waals surface area contributed by atoms with Gasteiger partial charge < -0.3 is 10.0 Å². The minimum absolute atomic E-state index is 0.335. The largest absolute Gasteiger partial charge is 0.491 e. The Morgan fingerprint density at radius 3 is 2.17 bits per heavy atom. The van der Waals surface area contributed by atoms with Crippen LogP contribution in [0.2, 0.25) is 0 Å². The third-order valence-electron chi connectivity index (χ3n) is 5.47. The van der Waals surface area contributed by atoms with E-state index in [4.69, 9.17) is 10.0 Å². The zero-order chi connectivity index (χ0) is 17.5. The molecule has 1 aromatic carbocycles. The molecule has 0 unspecified atom stereocenters. The van der Waals surface area contributed by atoms with Crippen molar-refractivity contribution in [1.29, 1.82) is 0 Å². The van der Waals surface area contributed by atoms with Gasteiger partial charge >= 0.3 is 7.12 Å². The van der Waals surface area contributed by atoms with Crippen LogP contribution in [0.25, 0.3) is 0 Å². The first kappa shape index (κ1) is 19.4. The van der Waals surface area contributed by atoms with Gasteiger partial charge in [0.1, 0.15) is 0 Å². The molecular weight excluding hydrogens is 309 g/mol. The molecule has 0 atom stereocenters. The summed E-state index contributed by atoms with van der Waals surface area (Å²) in [5, 5.41) is 18.0. The molecule has 0 aliphatic heterocycles. The smallest absolute Gasteiger partial charge is 0.423 e. The Morgan fingerprint density at radius 2 is 1.58 bits per heavy atom. The van der Waals surface area contributed by atoms with Gasteiger partial charge in [-0.1, -0.05) is 70.4 Å². The third-order valence-corrected chi connectivity index (χ3v) is 5.47. The lowest BCUT2D eigenvalue weighted by Crippen LogP contribution is -2.33. The van der Waals surface area contributed by atoms with Crippen LogP contribution >= 0.6 is 0 Å². The highest BCUT2D eigenvalue weighted by molar-refractivity contribution is 6.58. The monoisotopic (exact) mass is 338 g/mol. The quantitative estimate of drug-likeness (QED) is 0.556. The lowest BCUT2D eigenvalue weighted by atomic mass is 9.77. The van der Waals surface area contributed by atoms with Crippen LogP contribution in [0.15, 0.2) is 12.1 Å². The minimum atomic E-state index is -1.98. The summed E-state index contributed by atoms with van der Waals surface area (Å²) in [7, 11) is -1.98. The van der Waals surface area contributed by atoms with Crippen molar-refractivity contribution < 1.29 is 18.8 Å². The second-order valence-electron chi connectivity index (χ2n) is 7.24. The fraction of sp³-hybridized carbons (Fsp3) is 0.684. The molecule has 0 amide bonds. The Morgan fingerprint density at radius 1 is 0.958 bits per heavy atom. The minimum Gasteiger partial charge on any atom is -0.423 e. The van der Waals surface area contributed by atoms with Crippen LogP contribution in [-0.2, 0) is 6.42 Å². The number of benzene rings is 1. The summed E-state index contributed by atoms with van der Waals surface area (Å²) in [4.78, 5) is 0. The molecule has 0 radical (unpaired) electrons. The predicted molar refractivity (Wildman–Crippen MR) is 94.1 cm³/mol. The molecule has 1 saturated carbocycles. The van der Waals surface area contributed by atoms with E-state index in [1.165, 1.54) is 63.5 Å². The Kier molecular flexibility index (Phi) is 7.69. The summed E-state index contributed by atoms with van der Waals surface area (Å²) in [6, 6.07) is 2.74. The Labute approximate surface area is 144 Å². The molecule has 1 aliphatic rings. The molecule has 1 aliphatic carbocycles. The second-order valence-corrected chi connectivity index (χ2v) is 7.24. The normalized spacial score (nSPS) is 21.0. The zero-order valence-corrected chi connectivity index (χ0v) is 14.6. The maximum Gasteiger partial charge on any atom is 0.491 e. The number of aryl methyl sites for hydroxylation is 1. The van der Waals surface area contributed by atoms with Crippen molar-refractivity contribution in [3.05, 3.63) is 29.3 Å². The first-order valence-corrected chi connectivity index (χ1v) is 9.35. The molecule has 2 nitrogen and oxygen atoms in total. The van der Waals surface area contributed by atoms with Crippen LogP contribution in [0.4, 0.5) is 8.78 Å². The highest BCUT2D eigenvalue weighted by Gasteiger charge is 2.23. The summed E-state index contributed by atoms with van der Waals surface area (Å²) < 4.78 is 27.8. The Bertz CT molecular complexity index is 514. The first-order chi connectivity index (χ1) is 11.5. The Balaban J connectivity index is 1.80. The third kappa shape index (κ3) is 5.28. The second kappa shape index (κ2) is 9.52. The molecule has 0 aromatic heterocycles. The summed E-state index contributed by atoms with van der Waals surface area (Å²) in [6.45, 7) is 2.23. The molecule has 0 bridgehead atoms. The van der Waals surface area contributed by atoms with Gasteiger partial charge in [-0.05, 0) is 30.2 Å². The van der Waals surface area contributed by atoms with Crippen LogP contribution in [0.3, 0.4) is 0 Å². The number of rotatable bonds is 8. The van der Waals surface area contributed by atoms with Crippen LogP contribution < -0.4 is 5.46 Å². The van der Waals surface area contributed by atoms with Gasteiger partial charge in [0.25, 0.3) is 0 Å². The van der Waals surface area contributed by atoms with Crippen LogP contribution in [-0.4, -0.2) is 17.2 Å². The summed E-state index contributed by atoms with van der Waals surface area (Å²) in [5.74, 6) is -0.624. The van der Waals surface area contributed by atoms with E-state index in [0.717, 1.165) is 12.3 Å². The molecule has 1 fully saturated rings. The Hall–Kier alpha value is -0.935. The van der Waals surface area contributed by atoms with E-state index in [1.807, 2.05) is 0 Å². The van der Waals surface area contributed by atoms with Crippen molar-refractivity contribution in [3.8, 4) is 0 Å². The van der Waals surface area contributed by atoms with Crippen LogP contribution in [0.5, 0.6) is 0 Å². The van der Waals surface area contributed by atoms with E-state index < -0.39 is 24.2 Å². The number of hydrogen-bond acceptors (Lipinski definition) is 2.